The Balaban J connectivity index is 2.57. The Morgan fingerprint density at radius 1 is 1.28 bits per heavy atom. The van der Waals surface area contributed by atoms with Crippen molar-refractivity contribution in [2.45, 2.75) is 32.0 Å². The smallest absolute Gasteiger partial charge is 0.471 e. The molecular weight excluding hydrogens is 391 g/mol. The Morgan fingerprint density at radius 3 is 2.45 bits per heavy atom. The Labute approximate surface area is 167 Å². The van der Waals surface area contributed by atoms with E-state index in [2.05, 4.69) is 5.32 Å². The number of carbonyl (C=O) groups excluding carboxylic acids is 1. The van der Waals surface area contributed by atoms with Crippen LogP contribution in [0.25, 0.3) is 0 Å². The summed E-state index contributed by atoms with van der Waals surface area (Å²) in [6, 6.07) is 3.37. The van der Waals surface area contributed by atoms with E-state index in [1.54, 1.807) is 13.1 Å². The Kier molecular flexibility index (Phi) is 7.86. The first-order valence-electron chi connectivity index (χ1n) is 9.45. The van der Waals surface area contributed by atoms with Crippen LogP contribution in [0.4, 0.5) is 24.5 Å². The second-order valence-electron chi connectivity index (χ2n) is 6.71. The van der Waals surface area contributed by atoms with Gasteiger partial charge in [0.2, 0.25) is 0 Å². The molecule has 1 aliphatic heterocycles. The number of likely N-dealkylation sites (N-methyl/N-ethyl adjacent to an activating group) is 2. The summed E-state index contributed by atoms with van der Waals surface area (Å²) in [6.07, 6.45) is -4.73. The third kappa shape index (κ3) is 5.60. The number of hydrogen-bond donors (Lipinski definition) is 2. The lowest BCUT2D eigenvalue weighted by molar-refractivity contribution is -0.171. The van der Waals surface area contributed by atoms with Crippen molar-refractivity contribution in [3.05, 3.63) is 23.8 Å². The summed E-state index contributed by atoms with van der Waals surface area (Å²) in [5.41, 5.74) is -0.0376. The van der Waals surface area contributed by atoms with Crippen LogP contribution in [-0.2, 0) is 9.53 Å². The van der Waals surface area contributed by atoms with Crippen molar-refractivity contribution in [2.24, 2.45) is 0 Å². The minimum atomic E-state index is -5.12. The average Bonchev–Trinajstić information content (AvgIpc) is 2.69. The maximum atomic E-state index is 13.4. The summed E-state index contributed by atoms with van der Waals surface area (Å²) in [7, 11) is 1.78. The van der Waals surface area contributed by atoms with Crippen molar-refractivity contribution in [3.8, 4) is 0 Å². The molecule has 1 aromatic carbocycles. The molecule has 10 heteroatoms. The topological polar surface area (TPSA) is 82.1 Å². The van der Waals surface area contributed by atoms with E-state index in [-0.39, 0.29) is 37.3 Å². The van der Waals surface area contributed by atoms with Crippen molar-refractivity contribution >= 4 is 23.3 Å². The van der Waals surface area contributed by atoms with Gasteiger partial charge in [0.15, 0.2) is 0 Å². The molecule has 162 valence electrons. The van der Waals surface area contributed by atoms with Crippen LogP contribution in [0.1, 0.15) is 30.1 Å². The van der Waals surface area contributed by atoms with Crippen molar-refractivity contribution in [3.63, 3.8) is 0 Å². The molecule has 0 bridgehead atoms. The van der Waals surface area contributed by atoms with Crippen molar-refractivity contribution in [1.82, 2.24) is 5.32 Å². The number of carboxylic acid groups (broad SMARTS) is 1. The number of halogens is 3. The first-order valence-corrected chi connectivity index (χ1v) is 9.45. The lowest BCUT2D eigenvalue weighted by Crippen LogP contribution is -2.50. The van der Waals surface area contributed by atoms with Crippen molar-refractivity contribution in [1.29, 1.82) is 0 Å². The number of carboxylic acids is 1. The zero-order valence-corrected chi connectivity index (χ0v) is 16.5. The monoisotopic (exact) mass is 417 g/mol. The maximum absolute atomic E-state index is 13.4. The molecule has 0 atom stereocenters. The highest BCUT2D eigenvalue weighted by molar-refractivity contribution is 6.04. The number of rotatable bonds is 8. The molecule has 0 spiro atoms. The molecule has 0 aliphatic carbocycles. The van der Waals surface area contributed by atoms with Gasteiger partial charge in [-0.2, -0.15) is 13.2 Å². The largest absolute Gasteiger partial charge is 0.478 e. The molecule has 1 amide bonds. The minimum Gasteiger partial charge on any atom is -0.478 e. The van der Waals surface area contributed by atoms with E-state index >= 15 is 0 Å². The number of aromatic carboxylic acids is 1. The Morgan fingerprint density at radius 2 is 1.93 bits per heavy atom. The first kappa shape index (κ1) is 23.0. The van der Waals surface area contributed by atoms with Crippen LogP contribution in [0.5, 0.6) is 0 Å². The van der Waals surface area contributed by atoms with Gasteiger partial charge in [0.1, 0.15) is 0 Å². The van der Waals surface area contributed by atoms with Gasteiger partial charge in [0.05, 0.1) is 11.3 Å². The molecule has 7 nitrogen and oxygen atoms in total. The van der Waals surface area contributed by atoms with Gasteiger partial charge in [-0.25, -0.2) is 4.79 Å². The molecule has 0 radical (unpaired) electrons. The predicted octanol–water partition coefficient (Wildman–Crippen LogP) is 2.50. The molecule has 1 heterocycles. The molecule has 1 fully saturated rings. The second-order valence-corrected chi connectivity index (χ2v) is 6.71. The SMILES string of the molecule is CCN(CCNC)c1ccc(C(=O)O)c(N(C(=O)C(F)(F)F)C2CCOCC2)c1. The summed E-state index contributed by atoms with van der Waals surface area (Å²) >= 11 is 0. The van der Waals surface area contributed by atoms with Gasteiger partial charge in [0, 0.05) is 44.6 Å². The lowest BCUT2D eigenvalue weighted by atomic mass is 10.0. The second kappa shape index (κ2) is 9.93. The zero-order valence-electron chi connectivity index (χ0n) is 16.5. The van der Waals surface area contributed by atoms with Gasteiger partial charge >= 0.3 is 18.1 Å². The predicted molar refractivity (Wildman–Crippen MR) is 103 cm³/mol. The summed E-state index contributed by atoms with van der Waals surface area (Å²) < 4.78 is 45.3. The highest BCUT2D eigenvalue weighted by Gasteiger charge is 2.46. The van der Waals surface area contributed by atoms with Gasteiger partial charge in [-0.1, -0.05) is 0 Å². The van der Waals surface area contributed by atoms with Crippen molar-refractivity contribution < 1.29 is 32.6 Å². The number of alkyl halides is 3. The fourth-order valence-electron chi connectivity index (χ4n) is 3.37. The van der Waals surface area contributed by atoms with Crippen LogP contribution in [0.15, 0.2) is 18.2 Å². The number of nitrogens with zero attached hydrogens (tertiary/aromatic N) is 2. The fourth-order valence-corrected chi connectivity index (χ4v) is 3.37. The molecule has 2 rings (SSSR count). The van der Waals surface area contributed by atoms with E-state index in [0.717, 1.165) is 0 Å². The molecule has 0 unspecified atom stereocenters. The molecule has 0 aromatic heterocycles. The number of ether oxygens (including phenoxy) is 1. The third-order valence-corrected chi connectivity index (χ3v) is 4.87. The quantitative estimate of drug-likeness (QED) is 0.677. The molecule has 1 aliphatic rings. The Bertz CT molecular complexity index is 721. The third-order valence-electron chi connectivity index (χ3n) is 4.87. The van der Waals surface area contributed by atoms with E-state index < -0.39 is 24.1 Å². The van der Waals surface area contributed by atoms with Crippen LogP contribution in [0, 0.1) is 0 Å². The summed E-state index contributed by atoms with van der Waals surface area (Å²) in [4.78, 5) is 26.5. The number of anilines is 2. The highest BCUT2D eigenvalue weighted by Crippen LogP contribution is 2.34. The van der Waals surface area contributed by atoms with Gasteiger partial charge in [-0.05, 0) is 45.0 Å². The number of benzene rings is 1. The number of hydrogen-bond acceptors (Lipinski definition) is 5. The average molecular weight is 417 g/mol. The summed E-state index contributed by atoms with van der Waals surface area (Å²) in [5, 5.41) is 12.6. The fraction of sp³-hybridized carbons (Fsp3) is 0.579. The molecular formula is C19H26F3N3O4. The molecule has 29 heavy (non-hydrogen) atoms. The number of amides is 1. The van der Waals surface area contributed by atoms with E-state index in [1.165, 1.54) is 12.1 Å². The number of nitrogens with one attached hydrogen (secondary N) is 1. The van der Waals surface area contributed by atoms with Crippen LogP contribution in [0.2, 0.25) is 0 Å². The van der Waals surface area contributed by atoms with Crippen LogP contribution < -0.4 is 15.1 Å². The summed E-state index contributed by atoms with van der Waals surface area (Å²) in [6.45, 7) is 4.07. The van der Waals surface area contributed by atoms with Crippen LogP contribution in [-0.4, -0.2) is 69.1 Å². The standard InChI is InChI=1S/C19H26F3N3O4/c1-3-24(9-8-23-2)14-4-5-15(17(26)27)16(12-14)25(18(28)19(20,21)22)13-6-10-29-11-7-13/h4-5,12-13,23H,3,6-11H2,1-2H3,(H,26,27). The van der Waals surface area contributed by atoms with E-state index in [4.69, 9.17) is 4.74 Å². The summed E-state index contributed by atoms with van der Waals surface area (Å²) in [5.74, 6) is -3.46. The van der Waals surface area contributed by atoms with Crippen LogP contribution in [0.3, 0.4) is 0 Å². The van der Waals surface area contributed by atoms with Crippen molar-refractivity contribution in [2.75, 3.05) is 49.7 Å². The molecule has 1 aromatic rings. The maximum Gasteiger partial charge on any atom is 0.471 e. The Hall–Kier alpha value is -2.33. The van der Waals surface area contributed by atoms with Crippen LogP contribution >= 0.6 is 0 Å². The molecule has 2 N–H and O–H groups in total. The molecule has 1 saturated heterocycles. The van der Waals surface area contributed by atoms with Gasteiger partial charge in [-0.3, -0.25) is 4.79 Å². The van der Waals surface area contributed by atoms with Gasteiger partial charge < -0.3 is 25.0 Å². The molecule has 0 saturated carbocycles. The van der Waals surface area contributed by atoms with Gasteiger partial charge in [-0.15, -0.1) is 0 Å². The highest BCUT2D eigenvalue weighted by atomic mass is 19.4. The normalized spacial score (nSPS) is 15.2. The minimum absolute atomic E-state index is 0.197. The van der Waals surface area contributed by atoms with E-state index in [0.29, 0.717) is 30.2 Å². The number of carbonyl (C=O) groups is 2. The lowest BCUT2D eigenvalue weighted by Gasteiger charge is -2.36. The van der Waals surface area contributed by atoms with Gasteiger partial charge in [0.25, 0.3) is 0 Å². The zero-order chi connectivity index (χ0) is 21.6. The first-order chi connectivity index (χ1) is 13.7. The van der Waals surface area contributed by atoms with E-state index in [9.17, 15) is 27.9 Å². The van der Waals surface area contributed by atoms with E-state index in [1.807, 2.05) is 11.8 Å².